The maximum absolute atomic E-state index is 5.81. The van der Waals surface area contributed by atoms with Gasteiger partial charge in [-0.3, -0.25) is 4.98 Å². The molecule has 0 amide bonds. The van der Waals surface area contributed by atoms with Gasteiger partial charge in [0.15, 0.2) is 0 Å². The molecule has 0 aliphatic rings. The summed E-state index contributed by atoms with van der Waals surface area (Å²) < 4.78 is 0. The van der Waals surface area contributed by atoms with Gasteiger partial charge in [0.2, 0.25) is 0 Å². The molecule has 2 rings (SSSR count). The molecule has 0 fully saturated rings. The number of nitrogens with zero attached hydrogens (tertiary/aromatic N) is 1. The number of nitrogens with two attached hydrogens (primary N) is 1. The van der Waals surface area contributed by atoms with Gasteiger partial charge in [0.1, 0.15) is 0 Å². The predicted molar refractivity (Wildman–Crippen MR) is 78.8 cm³/mol. The zero-order chi connectivity index (χ0) is 13.0. The normalized spacial score (nSPS) is 12.4. The van der Waals surface area contributed by atoms with E-state index in [1.54, 1.807) is 11.8 Å². The molecule has 0 saturated heterocycles. The molecule has 1 heterocycles. The van der Waals surface area contributed by atoms with Gasteiger partial charge >= 0.3 is 0 Å². The molecule has 1 unspecified atom stereocenters. The van der Waals surface area contributed by atoms with Crippen molar-refractivity contribution >= 4 is 11.8 Å². The molecule has 2 aromatic rings. The van der Waals surface area contributed by atoms with Crippen molar-refractivity contribution in [1.29, 1.82) is 0 Å². The van der Waals surface area contributed by atoms with Crippen LogP contribution >= 0.6 is 11.8 Å². The lowest BCUT2D eigenvalue weighted by Gasteiger charge is -2.07. The second kappa shape index (κ2) is 6.03. The standard InChI is InChI=1S/C15H18N2S/c1-11(16)10-13-4-3-5-15(17-13)12-6-8-14(18-2)9-7-12/h3-9,11H,10,16H2,1-2H3. The number of hydrogen-bond donors (Lipinski definition) is 1. The Morgan fingerprint density at radius 1 is 1.17 bits per heavy atom. The minimum atomic E-state index is 0.145. The van der Waals surface area contributed by atoms with Crippen LogP contribution in [0.25, 0.3) is 11.3 Å². The van der Waals surface area contributed by atoms with Crippen molar-refractivity contribution in [2.75, 3.05) is 6.26 Å². The third kappa shape index (κ3) is 3.34. The van der Waals surface area contributed by atoms with Crippen molar-refractivity contribution in [3.05, 3.63) is 48.2 Å². The highest BCUT2D eigenvalue weighted by molar-refractivity contribution is 7.98. The van der Waals surface area contributed by atoms with Crippen LogP contribution in [0, 0.1) is 0 Å². The minimum Gasteiger partial charge on any atom is -0.328 e. The average Bonchev–Trinajstić information content (AvgIpc) is 2.38. The first kappa shape index (κ1) is 13.1. The summed E-state index contributed by atoms with van der Waals surface area (Å²) in [6, 6.07) is 14.7. The zero-order valence-corrected chi connectivity index (χ0v) is 11.6. The van der Waals surface area contributed by atoms with Crippen LogP contribution in [0.1, 0.15) is 12.6 Å². The van der Waals surface area contributed by atoms with Crippen LogP contribution in [0.3, 0.4) is 0 Å². The molecular weight excluding hydrogens is 240 g/mol. The molecule has 0 spiro atoms. The molecule has 0 saturated carbocycles. The number of hydrogen-bond acceptors (Lipinski definition) is 3. The van der Waals surface area contributed by atoms with Crippen LogP contribution in [0.15, 0.2) is 47.4 Å². The number of aromatic nitrogens is 1. The first-order valence-corrected chi connectivity index (χ1v) is 7.27. The number of benzene rings is 1. The molecule has 0 aliphatic carbocycles. The Morgan fingerprint density at radius 3 is 2.50 bits per heavy atom. The number of thioether (sulfide) groups is 1. The largest absolute Gasteiger partial charge is 0.328 e. The topological polar surface area (TPSA) is 38.9 Å². The van der Waals surface area contributed by atoms with E-state index >= 15 is 0 Å². The first-order chi connectivity index (χ1) is 8.69. The van der Waals surface area contributed by atoms with Gasteiger partial charge in [-0.25, -0.2) is 0 Å². The van der Waals surface area contributed by atoms with Crippen molar-refractivity contribution in [3.63, 3.8) is 0 Å². The summed E-state index contributed by atoms with van der Waals surface area (Å²) in [5.41, 5.74) is 9.03. The van der Waals surface area contributed by atoms with E-state index in [0.717, 1.165) is 23.4 Å². The van der Waals surface area contributed by atoms with Crippen LogP contribution in [0.5, 0.6) is 0 Å². The fraction of sp³-hybridized carbons (Fsp3) is 0.267. The molecule has 1 aromatic carbocycles. The molecule has 1 atom stereocenters. The fourth-order valence-corrected chi connectivity index (χ4v) is 2.25. The summed E-state index contributed by atoms with van der Waals surface area (Å²) >= 11 is 1.75. The van der Waals surface area contributed by atoms with Gasteiger partial charge in [-0.05, 0) is 37.4 Å². The summed E-state index contributed by atoms with van der Waals surface area (Å²) in [7, 11) is 0. The lowest BCUT2D eigenvalue weighted by Crippen LogP contribution is -2.18. The summed E-state index contributed by atoms with van der Waals surface area (Å²) in [5, 5.41) is 0. The number of pyridine rings is 1. The van der Waals surface area contributed by atoms with Crippen LogP contribution in [0.4, 0.5) is 0 Å². The van der Waals surface area contributed by atoms with Gasteiger partial charge in [0.05, 0.1) is 5.69 Å². The Balaban J connectivity index is 2.26. The van der Waals surface area contributed by atoms with E-state index in [-0.39, 0.29) is 6.04 Å². The Morgan fingerprint density at radius 2 is 1.89 bits per heavy atom. The summed E-state index contributed by atoms with van der Waals surface area (Å²) in [4.78, 5) is 5.92. The van der Waals surface area contributed by atoms with E-state index in [1.807, 2.05) is 25.1 Å². The second-order valence-electron chi connectivity index (χ2n) is 4.42. The Kier molecular flexibility index (Phi) is 4.39. The Bertz CT molecular complexity index is 506. The van der Waals surface area contributed by atoms with Crippen molar-refractivity contribution < 1.29 is 0 Å². The quantitative estimate of drug-likeness (QED) is 0.855. The molecule has 1 aromatic heterocycles. The first-order valence-electron chi connectivity index (χ1n) is 6.05. The Labute approximate surface area is 113 Å². The highest BCUT2D eigenvalue weighted by Crippen LogP contribution is 2.21. The summed E-state index contributed by atoms with van der Waals surface area (Å²) in [6.45, 7) is 2.00. The van der Waals surface area contributed by atoms with E-state index in [9.17, 15) is 0 Å². The zero-order valence-electron chi connectivity index (χ0n) is 10.8. The molecule has 94 valence electrons. The maximum Gasteiger partial charge on any atom is 0.0705 e. The average molecular weight is 258 g/mol. The van der Waals surface area contributed by atoms with Crippen molar-refractivity contribution in [2.24, 2.45) is 5.73 Å². The Hall–Kier alpha value is -1.32. The van der Waals surface area contributed by atoms with Crippen molar-refractivity contribution in [2.45, 2.75) is 24.3 Å². The van der Waals surface area contributed by atoms with E-state index < -0.39 is 0 Å². The SMILES string of the molecule is CSc1ccc(-c2cccc(CC(C)N)n2)cc1. The third-order valence-electron chi connectivity index (χ3n) is 2.72. The van der Waals surface area contributed by atoms with Gasteiger partial charge in [-0.15, -0.1) is 11.8 Å². The summed E-state index contributed by atoms with van der Waals surface area (Å²) in [5.74, 6) is 0. The van der Waals surface area contributed by atoms with E-state index in [1.165, 1.54) is 4.90 Å². The van der Waals surface area contributed by atoms with Crippen LogP contribution in [-0.4, -0.2) is 17.3 Å². The van der Waals surface area contributed by atoms with E-state index in [2.05, 4.69) is 35.5 Å². The highest BCUT2D eigenvalue weighted by Gasteiger charge is 2.03. The van der Waals surface area contributed by atoms with Gasteiger partial charge < -0.3 is 5.73 Å². The molecule has 18 heavy (non-hydrogen) atoms. The van der Waals surface area contributed by atoms with Crippen molar-refractivity contribution in [3.8, 4) is 11.3 Å². The third-order valence-corrected chi connectivity index (χ3v) is 3.47. The van der Waals surface area contributed by atoms with E-state index in [4.69, 9.17) is 5.73 Å². The van der Waals surface area contributed by atoms with Gasteiger partial charge in [0, 0.05) is 28.6 Å². The molecule has 2 nitrogen and oxygen atoms in total. The molecular formula is C15H18N2S. The van der Waals surface area contributed by atoms with E-state index in [0.29, 0.717) is 0 Å². The lowest BCUT2D eigenvalue weighted by molar-refractivity contribution is 0.723. The van der Waals surface area contributed by atoms with Crippen LogP contribution in [0.2, 0.25) is 0 Å². The summed E-state index contributed by atoms with van der Waals surface area (Å²) in [6.07, 6.45) is 2.90. The molecule has 0 aliphatic heterocycles. The number of rotatable bonds is 4. The highest BCUT2D eigenvalue weighted by atomic mass is 32.2. The molecule has 2 N–H and O–H groups in total. The maximum atomic E-state index is 5.81. The van der Waals surface area contributed by atoms with Gasteiger partial charge in [0.25, 0.3) is 0 Å². The van der Waals surface area contributed by atoms with Crippen LogP contribution in [-0.2, 0) is 6.42 Å². The van der Waals surface area contributed by atoms with Crippen LogP contribution < -0.4 is 5.73 Å². The van der Waals surface area contributed by atoms with Crippen molar-refractivity contribution in [1.82, 2.24) is 4.98 Å². The monoisotopic (exact) mass is 258 g/mol. The smallest absolute Gasteiger partial charge is 0.0705 e. The van der Waals surface area contributed by atoms with Gasteiger partial charge in [-0.1, -0.05) is 18.2 Å². The second-order valence-corrected chi connectivity index (χ2v) is 5.30. The molecule has 0 radical (unpaired) electrons. The molecule has 0 bridgehead atoms. The molecule has 3 heteroatoms. The van der Waals surface area contributed by atoms with Gasteiger partial charge in [-0.2, -0.15) is 0 Å². The fourth-order valence-electron chi connectivity index (χ4n) is 1.85. The minimum absolute atomic E-state index is 0.145. The predicted octanol–water partition coefficient (Wildman–Crippen LogP) is 3.36. The lowest BCUT2D eigenvalue weighted by atomic mass is 10.1.